The number of carbonyl (C=O) groups is 2. The average Bonchev–Trinajstić information content (AvgIpc) is 3.11. The summed E-state index contributed by atoms with van der Waals surface area (Å²) in [7, 11) is 1.57. The minimum absolute atomic E-state index is 0.230. The second kappa shape index (κ2) is 6.74. The Kier molecular flexibility index (Phi) is 4.50. The van der Waals surface area contributed by atoms with Crippen LogP contribution in [-0.4, -0.2) is 41.9 Å². The number of primary amides is 1. The van der Waals surface area contributed by atoms with Gasteiger partial charge in [-0.1, -0.05) is 12.1 Å². The summed E-state index contributed by atoms with van der Waals surface area (Å²) in [6.45, 7) is 0.894. The van der Waals surface area contributed by atoms with E-state index in [1.54, 1.807) is 18.1 Å². The van der Waals surface area contributed by atoms with Crippen LogP contribution >= 0.6 is 0 Å². The number of rotatable bonds is 4. The lowest BCUT2D eigenvalue weighted by molar-refractivity contribution is -0.123. The van der Waals surface area contributed by atoms with E-state index in [1.165, 1.54) is 6.39 Å². The lowest BCUT2D eigenvalue weighted by atomic mass is 9.97. The van der Waals surface area contributed by atoms with E-state index in [4.69, 9.17) is 14.9 Å². The Morgan fingerprint density at radius 1 is 1.42 bits per heavy atom. The topological polar surface area (TPSA) is 98.7 Å². The molecular weight excluding hydrogens is 310 g/mol. The van der Waals surface area contributed by atoms with Crippen molar-refractivity contribution in [1.29, 1.82) is 0 Å². The van der Waals surface area contributed by atoms with Crippen molar-refractivity contribution >= 4 is 11.8 Å². The molecule has 2 N–H and O–H groups in total. The number of likely N-dealkylation sites (tertiary alicyclic amines) is 1. The maximum absolute atomic E-state index is 12.8. The SMILES string of the molecule is COc1cccc(-c2ocnc2C(=O)N2CCC[C@@H](C(N)=O)C2)c1. The lowest BCUT2D eigenvalue weighted by Crippen LogP contribution is -2.44. The molecule has 1 atom stereocenters. The lowest BCUT2D eigenvalue weighted by Gasteiger charge is -2.30. The van der Waals surface area contributed by atoms with E-state index >= 15 is 0 Å². The van der Waals surface area contributed by atoms with Gasteiger partial charge in [-0.3, -0.25) is 9.59 Å². The molecule has 2 aromatic rings. The van der Waals surface area contributed by atoms with E-state index in [1.807, 2.05) is 18.2 Å². The molecule has 3 rings (SSSR count). The van der Waals surface area contributed by atoms with Crippen LogP contribution in [0.4, 0.5) is 0 Å². The van der Waals surface area contributed by atoms with Crippen molar-refractivity contribution in [3.05, 3.63) is 36.4 Å². The normalized spacial score (nSPS) is 17.5. The van der Waals surface area contributed by atoms with Gasteiger partial charge in [0, 0.05) is 18.7 Å². The van der Waals surface area contributed by atoms with E-state index in [-0.39, 0.29) is 23.4 Å². The molecule has 7 heteroatoms. The third-order valence-corrected chi connectivity index (χ3v) is 4.21. The number of ether oxygens (including phenoxy) is 1. The van der Waals surface area contributed by atoms with Crippen LogP contribution in [0.3, 0.4) is 0 Å². The first-order valence-electron chi connectivity index (χ1n) is 7.76. The monoisotopic (exact) mass is 329 g/mol. The second-order valence-electron chi connectivity index (χ2n) is 5.75. The fourth-order valence-corrected chi connectivity index (χ4v) is 2.91. The Hall–Kier alpha value is -2.83. The van der Waals surface area contributed by atoms with Gasteiger partial charge in [0.15, 0.2) is 17.8 Å². The highest BCUT2D eigenvalue weighted by Crippen LogP contribution is 2.28. The van der Waals surface area contributed by atoms with Crippen molar-refractivity contribution in [1.82, 2.24) is 9.88 Å². The number of nitrogens with two attached hydrogens (primary N) is 1. The zero-order valence-corrected chi connectivity index (χ0v) is 13.4. The van der Waals surface area contributed by atoms with Crippen molar-refractivity contribution in [2.75, 3.05) is 20.2 Å². The van der Waals surface area contributed by atoms with Crippen molar-refractivity contribution in [2.45, 2.75) is 12.8 Å². The molecule has 0 unspecified atom stereocenters. The summed E-state index contributed by atoms with van der Waals surface area (Å²) in [4.78, 5) is 29.9. The number of carbonyl (C=O) groups excluding carboxylic acids is 2. The van der Waals surface area contributed by atoms with Crippen LogP contribution in [0.1, 0.15) is 23.3 Å². The number of nitrogens with zero attached hydrogens (tertiary/aromatic N) is 2. The number of amides is 2. The molecule has 2 amide bonds. The molecule has 1 aromatic heterocycles. The molecule has 1 aliphatic heterocycles. The fraction of sp³-hybridized carbons (Fsp3) is 0.353. The average molecular weight is 329 g/mol. The van der Waals surface area contributed by atoms with Crippen molar-refractivity contribution in [2.24, 2.45) is 11.7 Å². The van der Waals surface area contributed by atoms with Gasteiger partial charge in [0.1, 0.15) is 5.75 Å². The molecule has 0 bridgehead atoms. The van der Waals surface area contributed by atoms with Crippen molar-refractivity contribution in [3.63, 3.8) is 0 Å². The number of hydrogen-bond donors (Lipinski definition) is 1. The van der Waals surface area contributed by atoms with Crippen LogP contribution in [0.2, 0.25) is 0 Å². The summed E-state index contributed by atoms with van der Waals surface area (Å²) in [5.74, 6) is 0.109. The van der Waals surface area contributed by atoms with Gasteiger partial charge >= 0.3 is 0 Å². The minimum atomic E-state index is -0.374. The number of aromatic nitrogens is 1. The molecule has 0 spiro atoms. The molecule has 24 heavy (non-hydrogen) atoms. The summed E-state index contributed by atoms with van der Waals surface area (Å²) in [5, 5.41) is 0. The third kappa shape index (κ3) is 3.10. The number of benzene rings is 1. The summed E-state index contributed by atoms with van der Waals surface area (Å²) in [6, 6.07) is 7.22. The highest BCUT2D eigenvalue weighted by Gasteiger charge is 2.30. The summed E-state index contributed by atoms with van der Waals surface area (Å²) >= 11 is 0. The molecule has 1 aromatic carbocycles. The Balaban J connectivity index is 1.86. The van der Waals surface area contributed by atoms with Gasteiger partial charge in [0.25, 0.3) is 5.91 Å². The first-order valence-corrected chi connectivity index (χ1v) is 7.76. The van der Waals surface area contributed by atoms with Crippen LogP contribution in [0.25, 0.3) is 11.3 Å². The number of oxazole rings is 1. The number of piperidine rings is 1. The van der Waals surface area contributed by atoms with Gasteiger partial charge in [-0.15, -0.1) is 0 Å². The zero-order valence-electron chi connectivity index (χ0n) is 13.4. The first kappa shape index (κ1) is 16.0. The van der Waals surface area contributed by atoms with Crippen LogP contribution < -0.4 is 10.5 Å². The Labute approximate surface area is 139 Å². The van der Waals surface area contributed by atoms with Crippen LogP contribution in [0.15, 0.2) is 35.1 Å². The van der Waals surface area contributed by atoms with Gasteiger partial charge in [-0.2, -0.15) is 0 Å². The zero-order chi connectivity index (χ0) is 17.1. The van der Waals surface area contributed by atoms with E-state index in [0.717, 1.165) is 6.42 Å². The maximum Gasteiger partial charge on any atom is 0.276 e. The van der Waals surface area contributed by atoms with Crippen molar-refractivity contribution < 1.29 is 18.7 Å². The van der Waals surface area contributed by atoms with Crippen molar-refractivity contribution in [3.8, 4) is 17.1 Å². The largest absolute Gasteiger partial charge is 0.497 e. The molecule has 2 heterocycles. The second-order valence-corrected chi connectivity index (χ2v) is 5.75. The van der Waals surface area contributed by atoms with Gasteiger partial charge in [-0.25, -0.2) is 4.98 Å². The predicted octanol–water partition coefficient (Wildman–Crippen LogP) is 1.69. The highest BCUT2D eigenvalue weighted by atomic mass is 16.5. The van der Waals surface area contributed by atoms with Crippen LogP contribution in [0.5, 0.6) is 5.75 Å². The van der Waals surface area contributed by atoms with E-state index in [9.17, 15) is 9.59 Å². The van der Waals surface area contributed by atoms with Gasteiger partial charge in [0.05, 0.1) is 13.0 Å². The summed E-state index contributed by atoms with van der Waals surface area (Å²) in [6.07, 6.45) is 2.70. The molecular formula is C17H19N3O4. The molecule has 126 valence electrons. The van der Waals surface area contributed by atoms with Gasteiger partial charge in [-0.05, 0) is 25.0 Å². The van der Waals surface area contributed by atoms with E-state index < -0.39 is 0 Å². The molecule has 7 nitrogen and oxygen atoms in total. The van der Waals surface area contributed by atoms with Gasteiger partial charge < -0.3 is 19.8 Å². The van der Waals surface area contributed by atoms with Gasteiger partial charge in [0.2, 0.25) is 5.91 Å². The maximum atomic E-state index is 12.8. The summed E-state index contributed by atoms with van der Waals surface area (Å²) < 4.78 is 10.6. The third-order valence-electron chi connectivity index (χ3n) is 4.21. The Bertz CT molecular complexity index is 756. The fourth-order valence-electron chi connectivity index (χ4n) is 2.91. The van der Waals surface area contributed by atoms with Crippen LogP contribution in [0, 0.1) is 5.92 Å². The molecule has 0 radical (unpaired) electrons. The number of hydrogen-bond acceptors (Lipinski definition) is 5. The molecule has 1 aliphatic rings. The quantitative estimate of drug-likeness (QED) is 0.920. The Morgan fingerprint density at radius 3 is 3.00 bits per heavy atom. The molecule has 1 saturated heterocycles. The number of methoxy groups -OCH3 is 1. The van der Waals surface area contributed by atoms with E-state index in [0.29, 0.717) is 36.6 Å². The minimum Gasteiger partial charge on any atom is -0.497 e. The molecule has 0 aliphatic carbocycles. The molecule has 0 saturated carbocycles. The standard InChI is InChI=1S/C17H19N3O4/c1-23-13-6-2-4-11(8-13)15-14(19-10-24-15)17(22)20-7-3-5-12(9-20)16(18)21/h2,4,6,8,10,12H,3,5,7,9H2,1H3,(H2,18,21)/t12-/m1/s1. The smallest absolute Gasteiger partial charge is 0.276 e. The first-order chi connectivity index (χ1) is 11.6. The molecule has 1 fully saturated rings. The Morgan fingerprint density at radius 2 is 2.25 bits per heavy atom. The van der Waals surface area contributed by atoms with E-state index in [2.05, 4.69) is 4.98 Å². The predicted molar refractivity (Wildman–Crippen MR) is 86.3 cm³/mol. The highest BCUT2D eigenvalue weighted by molar-refractivity contribution is 5.98. The summed E-state index contributed by atoms with van der Waals surface area (Å²) in [5.41, 5.74) is 6.31. The van der Waals surface area contributed by atoms with Crippen LogP contribution in [-0.2, 0) is 4.79 Å².